The fourth-order valence-corrected chi connectivity index (χ4v) is 3.37. The predicted molar refractivity (Wildman–Crippen MR) is 128 cm³/mol. The number of benzene rings is 2. The lowest BCUT2D eigenvalue weighted by molar-refractivity contribution is 0.0934. The molecule has 2 rings (SSSR count). The first kappa shape index (κ1) is 24.0. The minimum atomic E-state index is -1.84. The van der Waals surface area contributed by atoms with Gasteiger partial charge < -0.3 is 16.0 Å². The third-order valence-electron chi connectivity index (χ3n) is 4.22. The van der Waals surface area contributed by atoms with Crippen LogP contribution in [0.5, 0.6) is 0 Å². The summed E-state index contributed by atoms with van der Waals surface area (Å²) in [5.41, 5.74) is 3.52. The van der Waals surface area contributed by atoms with Crippen LogP contribution in [0.3, 0.4) is 0 Å². The number of aryl methyl sites for hydroxylation is 2. The van der Waals surface area contributed by atoms with Crippen molar-refractivity contribution in [3.63, 3.8) is 0 Å². The van der Waals surface area contributed by atoms with Gasteiger partial charge in [-0.3, -0.25) is 4.79 Å². The Kier molecular flexibility index (Phi) is 8.86. The van der Waals surface area contributed by atoms with Gasteiger partial charge in [-0.2, -0.15) is 0 Å². The zero-order valence-corrected chi connectivity index (χ0v) is 19.7. The molecule has 156 valence electrons. The average Bonchev–Trinajstić information content (AvgIpc) is 2.67. The molecule has 4 nitrogen and oxygen atoms in total. The van der Waals surface area contributed by atoms with Gasteiger partial charge in [0.05, 0.1) is 0 Å². The van der Waals surface area contributed by atoms with Crippen LogP contribution in [-0.4, -0.2) is 21.0 Å². The van der Waals surface area contributed by atoms with Crippen molar-refractivity contribution in [2.75, 3.05) is 5.32 Å². The number of anilines is 1. The highest BCUT2D eigenvalue weighted by Crippen LogP contribution is 2.30. The topological polar surface area (TPSA) is 53.2 Å². The van der Waals surface area contributed by atoms with E-state index in [0.29, 0.717) is 10.6 Å². The fourth-order valence-electron chi connectivity index (χ4n) is 2.70. The summed E-state index contributed by atoms with van der Waals surface area (Å²) in [5, 5.41) is 9.46. The summed E-state index contributed by atoms with van der Waals surface area (Å²) in [5.74, 6) is -0.434. The van der Waals surface area contributed by atoms with Crippen LogP contribution in [-0.2, 0) is 12.8 Å². The van der Waals surface area contributed by atoms with Crippen LogP contribution in [0.4, 0.5) is 5.69 Å². The number of para-hydroxylation sites is 1. The van der Waals surface area contributed by atoms with Gasteiger partial charge in [0.1, 0.15) is 6.17 Å². The van der Waals surface area contributed by atoms with E-state index in [4.69, 9.17) is 58.6 Å². The Morgan fingerprint density at radius 3 is 2.03 bits per heavy atom. The number of halogens is 4. The third-order valence-corrected chi connectivity index (χ3v) is 5.35. The first-order valence-corrected chi connectivity index (χ1v) is 10.9. The van der Waals surface area contributed by atoms with E-state index >= 15 is 0 Å². The van der Waals surface area contributed by atoms with Gasteiger partial charge in [-0.1, -0.05) is 78.5 Å². The minimum absolute atomic E-state index is 0.230. The first-order chi connectivity index (χ1) is 13.7. The van der Waals surface area contributed by atoms with Gasteiger partial charge >= 0.3 is 0 Å². The van der Waals surface area contributed by atoms with Crippen molar-refractivity contribution in [3.05, 3.63) is 64.2 Å². The monoisotopic (exact) mass is 491 g/mol. The second kappa shape index (κ2) is 10.7. The van der Waals surface area contributed by atoms with E-state index in [1.165, 1.54) is 0 Å². The molecule has 1 unspecified atom stereocenters. The molecule has 0 aliphatic carbocycles. The molecule has 0 fully saturated rings. The molecule has 3 N–H and O–H groups in total. The zero-order chi connectivity index (χ0) is 21.6. The van der Waals surface area contributed by atoms with Gasteiger partial charge in [-0.15, -0.1) is 0 Å². The summed E-state index contributed by atoms with van der Waals surface area (Å²) >= 11 is 29.5. The molecule has 0 saturated carbocycles. The average molecular weight is 493 g/mol. The second-order valence-corrected chi connectivity index (χ2v) is 9.43. The van der Waals surface area contributed by atoms with Crippen LogP contribution in [0.1, 0.15) is 35.3 Å². The highest BCUT2D eigenvalue weighted by atomic mass is 35.6. The normalized spacial score (nSPS) is 12.2. The number of carbonyl (C=O) groups is 1. The largest absolute Gasteiger partial charge is 0.339 e. The van der Waals surface area contributed by atoms with E-state index < -0.39 is 15.9 Å². The van der Waals surface area contributed by atoms with Gasteiger partial charge in [0.2, 0.25) is 3.79 Å². The van der Waals surface area contributed by atoms with Crippen molar-refractivity contribution in [1.82, 2.24) is 10.6 Å². The number of alkyl halides is 3. The maximum atomic E-state index is 12.5. The summed E-state index contributed by atoms with van der Waals surface area (Å²) in [6, 6.07) is 12.4. The van der Waals surface area contributed by atoms with Gasteiger partial charge in [0.25, 0.3) is 5.91 Å². The van der Waals surface area contributed by atoms with Gasteiger partial charge in [0.15, 0.2) is 5.11 Å². The number of nitrogens with one attached hydrogen (secondary N) is 3. The minimum Gasteiger partial charge on any atom is -0.339 e. The molecule has 2 aromatic rings. The Morgan fingerprint density at radius 2 is 1.55 bits per heavy atom. The first-order valence-electron chi connectivity index (χ1n) is 8.97. The van der Waals surface area contributed by atoms with Crippen LogP contribution >= 0.6 is 58.6 Å². The van der Waals surface area contributed by atoms with Crippen molar-refractivity contribution < 1.29 is 4.79 Å². The van der Waals surface area contributed by atoms with E-state index in [9.17, 15) is 4.79 Å². The van der Waals surface area contributed by atoms with E-state index in [1.807, 2.05) is 18.2 Å². The Bertz CT molecular complexity index is 847. The van der Waals surface area contributed by atoms with Crippen LogP contribution in [0.25, 0.3) is 0 Å². The lowest BCUT2D eigenvalue weighted by atomic mass is 10.0. The Labute approximate surface area is 196 Å². The molecule has 0 aliphatic rings. The van der Waals surface area contributed by atoms with Crippen molar-refractivity contribution in [2.24, 2.45) is 0 Å². The molecule has 1 amide bonds. The highest BCUT2D eigenvalue weighted by Gasteiger charge is 2.35. The van der Waals surface area contributed by atoms with Crippen LogP contribution in [0.2, 0.25) is 5.02 Å². The Hall–Kier alpha value is -1.24. The Morgan fingerprint density at radius 1 is 1.00 bits per heavy atom. The molecule has 0 aromatic heterocycles. The lowest BCUT2D eigenvalue weighted by Crippen LogP contribution is -2.56. The fraction of sp³-hybridized carbons (Fsp3) is 0.300. The summed E-state index contributed by atoms with van der Waals surface area (Å²) in [6.07, 6.45) is 0.606. The molecule has 0 bridgehead atoms. The van der Waals surface area contributed by atoms with Crippen LogP contribution in [0.15, 0.2) is 42.5 Å². The van der Waals surface area contributed by atoms with Gasteiger partial charge in [-0.05, 0) is 60.5 Å². The quantitative estimate of drug-likeness (QED) is 0.268. The molecule has 0 saturated heterocycles. The van der Waals surface area contributed by atoms with E-state index in [2.05, 4.69) is 29.8 Å². The predicted octanol–water partition coefficient (Wildman–Crippen LogP) is 5.88. The molecule has 29 heavy (non-hydrogen) atoms. The molecule has 0 radical (unpaired) electrons. The second-order valence-electron chi connectivity index (χ2n) is 6.21. The molecule has 0 heterocycles. The molecular formula is C20H21Cl4N3OS. The summed E-state index contributed by atoms with van der Waals surface area (Å²) < 4.78 is -1.84. The number of amides is 1. The van der Waals surface area contributed by atoms with E-state index in [-0.39, 0.29) is 5.11 Å². The Balaban J connectivity index is 2.16. The number of thiocarbonyl (C=S) groups is 1. The molecule has 9 heteroatoms. The van der Waals surface area contributed by atoms with Crippen molar-refractivity contribution in [3.8, 4) is 0 Å². The van der Waals surface area contributed by atoms with Crippen molar-refractivity contribution in [1.29, 1.82) is 0 Å². The summed E-state index contributed by atoms with van der Waals surface area (Å²) in [6.45, 7) is 4.12. The third kappa shape index (κ3) is 6.90. The molecular weight excluding hydrogens is 472 g/mol. The number of hydrogen-bond donors (Lipinski definition) is 3. The summed E-state index contributed by atoms with van der Waals surface area (Å²) in [7, 11) is 0. The van der Waals surface area contributed by atoms with Crippen LogP contribution in [0, 0.1) is 0 Å². The SMILES string of the molecule is CCc1cccc(CC)c1NC(=S)NC(NC(=O)c1ccc(Cl)cc1)C(Cl)(Cl)Cl. The summed E-state index contributed by atoms with van der Waals surface area (Å²) in [4.78, 5) is 12.5. The number of rotatable bonds is 6. The lowest BCUT2D eigenvalue weighted by Gasteiger charge is -2.28. The maximum Gasteiger partial charge on any atom is 0.252 e. The standard InChI is InChI=1S/C20H21Cl4N3OS/c1-3-12-6-5-7-13(4-2)16(12)25-19(29)27-18(20(22,23)24)26-17(28)14-8-10-15(21)11-9-14/h5-11,18H,3-4H2,1-2H3,(H,26,28)(H2,25,27,29). The van der Waals surface area contributed by atoms with E-state index in [1.54, 1.807) is 24.3 Å². The van der Waals surface area contributed by atoms with Gasteiger partial charge in [-0.25, -0.2) is 0 Å². The van der Waals surface area contributed by atoms with Crippen LogP contribution < -0.4 is 16.0 Å². The molecule has 0 spiro atoms. The maximum absolute atomic E-state index is 12.5. The number of carbonyl (C=O) groups excluding carboxylic acids is 1. The molecule has 2 aromatic carbocycles. The zero-order valence-electron chi connectivity index (χ0n) is 15.9. The smallest absolute Gasteiger partial charge is 0.252 e. The van der Waals surface area contributed by atoms with Gasteiger partial charge in [0, 0.05) is 16.3 Å². The van der Waals surface area contributed by atoms with Crippen molar-refractivity contribution >= 4 is 75.3 Å². The molecule has 0 aliphatic heterocycles. The molecule has 1 atom stereocenters. The number of hydrogen-bond acceptors (Lipinski definition) is 2. The van der Waals surface area contributed by atoms with E-state index in [0.717, 1.165) is 29.7 Å². The highest BCUT2D eigenvalue weighted by molar-refractivity contribution is 7.80. The van der Waals surface area contributed by atoms with Crippen molar-refractivity contribution in [2.45, 2.75) is 36.6 Å².